The largest absolute Gasteiger partial charge is 0.349 e. The van der Waals surface area contributed by atoms with Crippen molar-refractivity contribution in [2.45, 2.75) is 50.7 Å². The Bertz CT molecular complexity index is 543. The van der Waals surface area contributed by atoms with Crippen molar-refractivity contribution in [2.24, 2.45) is 17.6 Å². The zero-order chi connectivity index (χ0) is 16.4. The number of nitrogens with one attached hydrogen (secondary N) is 1. The maximum Gasteiger partial charge on any atom is 0.251 e. The van der Waals surface area contributed by atoms with Crippen molar-refractivity contribution >= 4 is 5.91 Å². The monoisotopic (exact) mass is 315 g/mol. The Kier molecular flexibility index (Phi) is 5.02. The molecule has 2 unspecified atom stereocenters. The van der Waals surface area contributed by atoms with E-state index >= 15 is 0 Å². The van der Waals surface area contributed by atoms with Gasteiger partial charge in [-0.1, -0.05) is 18.6 Å². The molecular formula is C19H29N3O. The van der Waals surface area contributed by atoms with E-state index in [4.69, 9.17) is 5.73 Å². The Labute approximate surface area is 139 Å². The molecule has 3 N–H and O–H groups in total. The fraction of sp³-hybridized carbons (Fsp3) is 0.632. The number of amides is 1. The molecule has 0 aliphatic heterocycles. The van der Waals surface area contributed by atoms with E-state index in [1.54, 1.807) is 0 Å². The molecule has 126 valence electrons. The van der Waals surface area contributed by atoms with Crippen LogP contribution in [0.15, 0.2) is 24.3 Å². The molecule has 1 aromatic carbocycles. The fourth-order valence-corrected chi connectivity index (χ4v) is 4.44. The number of carbonyl (C=O) groups is 1. The average Bonchev–Trinajstić information content (AvgIpc) is 2.47. The van der Waals surface area contributed by atoms with Crippen molar-refractivity contribution in [3.63, 3.8) is 0 Å². The van der Waals surface area contributed by atoms with Gasteiger partial charge in [0, 0.05) is 24.2 Å². The Morgan fingerprint density at radius 3 is 2.61 bits per heavy atom. The third-order valence-corrected chi connectivity index (χ3v) is 5.36. The Morgan fingerprint density at radius 2 is 1.96 bits per heavy atom. The molecule has 0 spiro atoms. The molecule has 1 aromatic rings. The van der Waals surface area contributed by atoms with Gasteiger partial charge in [0.1, 0.15) is 0 Å². The van der Waals surface area contributed by atoms with Crippen molar-refractivity contribution in [3.8, 4) is 0 Å². The van der Waals surface area contributed by atoms with Gasteiger partial charge in [-0.3, -0.25) is 4.79 Å². The Hall–Kier alpha value is -1.39. The summed E-state index contributed by atoms with van der Waals surface area (Å²) in [6.07, 6.45) is 5.81. The lowest BCUT2D eigenvalue weighted by Crippen LogP contribution is -2.53. The third-order valence-electron chi connectivity index (χ3n) is 5.36. The van der Waals surface area contributed by atoms with Crippen molar-refractivity contribution in [1.82, 2.24) is 10.2 Å². The van der Waals surface area contributed by atoms with E-state index in [-0.39, 0.29) is 5.91 Å². The molecule has 4 heteroatoms. The van der Waals surface area contributed by atoms with E-state index in [1.165, 1.54) is 24.8 Å². The first-order valence-corrected chi connectivity index (χ1v) is 8.83. The van der Waals surface area contributed by atoms with E-state index in [1.807, 2.05) is 32.3 Å². The quantitative estimate of drug-likeness (QED) is 0.897. The topological polar surface area (TPSA) is 58.4 Å². The van der Waals surface area contributed by atoms with Crippen LogP contribution in [0.1, 0.15) is 48.0 Å². The molecule has 4 nitrogen and oxygen atoms in total. The predicted molar refractivity (Wildman–Crippen MR) is 93.1 cm³/mol. The highest BCUT2D eigenvalue weighted by molar-refractivity contribution is 5.94. The number of hydrogen-bond acceptors (Lipinski definition) is 3. The number of fused-ring (bicyclic) bond motifs is 2. The van der Waals surface area contributed by atoms with Gasteiger partial charge in [-0.05, 0) is 69.3 Å². The molecule has 2 bridgehead atoms. The predicted octanol–water partition coefficient (Wildman–Crippen LogP) is 2.38. The number of nitrogens with two attached hydrogens (primary N) is 1. The van der Waals surface area contributed by atoms with Gasteiger partial charge in [0.25, 0.3) is 5.91 Å². The standard InChI is InChI=1S/C19H29N3O/c1-22(2)12-13-5-3-8-16(9-13)19(23)21-18-14-6-4-7-15(18)11-17(20)10-14/h3,5,8-9,14-15,17-18H,4,6-7,10-12,20H2,1-2H3,(H,21,23). The summed E-state index contributed by atoms with van der Waals surface area (Å²) in [5, 5.41) is 3.33. The van der Waals surface area contributed by atoms with Gasteiger partial charge in [-0.2, -0.15) is 0 Å². The summed E-state index contributed by atoms with van der Waals surface area (Å²) >= 11 is 0. The minimum absolute atomic E-state index is 0.0722. The fourth-order valence-electron chi connectivity index (χ4n) is 4.44. The molecule has 3 rings (SSSR count). The van der Waals surface area contributed by atoms with Crippen molar-refractivity contribution < 1.29 is 4.79 Å². The normalized spacial score (nSPS) is 30.3. The smallest absolute Gasteiger partial charge is 0.251 e. The van der Waals surface area contributed by atoms with E-state index in [0.29, 0.717) is 23.9 Å². The highest BCUT2D eigenvalue weighted by Gasteiger charge is 2.39. The molecule has 2 aliphatic rings. The van der Waals surface area contributed by atoms with E-state index in [2.05, 4.69) is 16.3 Å². The van der Waals surface area contributed by atoms with E-state index in [0.717, 1.165) is 24.9 Å². The summed E-state index contributed by atoms with van der Waals surface area (Å²) in [4.78, 5) is 14.8. The summed E-state index contributed by atoms with van der Waals surface area (Å²) in [6.45, 7) is 0.852. The number of benzene rings is 1. The van der Waals surface area contributed by atoms with Crippen LogP contribution in [0.5, 0.6) is 0 Å². The molecule has 2 fully saturated rings. The van der Waals surface area contributed by atoms with E-state index in [9.17, 15) is 4.79 Å². The van der Waals surface area contributed by atoms with Crippen LogP contribution in [-0.2, 0) is 6.54 Å². The Morgan fingerprint density at radius 1 is 1.26 bits per heavy atom. The average molecular weight is 315 g/mol. The Balaban J connectivity index is 1.69. The molecule has 2 aliphatic carbocycles. The van der Waals surface area contributed by atoms with Gasteiger partial charge >= 0.3 is 0 Å². The maximum atomic E-state index is 12.7. The highest BCUT2D eigenvalue weighted by Crippen LogP contribution is 2.39. The molecule has 2 saturated carbocycles. The molecule has 0 radical (unpaired) electrons. The number of carbonyl (C=O) groups excluding carboxylic acids is 1. The summed E-state index contributed by atoms with van der Waals surface area (Å²) in [5.41, 5.74) is 8.13. The van der Waals surface area contributed by atoms with Gasteiger partial charge in [-0.25, -0.2) is 0 Å². The molecular weight excluding hydrogens is 286 g/mol. The first-order valence-electron chi connectivity index (χ1n) is 8.83. The van der Waals surface area contributed by atoms with Crippen LogP contribution < -0.4 is 11.1 Å². The van der Waals surface area contributed by atoms with Gasteiger partial charge in [0.2, 0.25) is 0 Å². The summed E-state index contributed by atoms with van der Waals surface area (Å²) < 4.78 is 0. The number of hydrogen-bond donors (Lipinski definition) is 2. The van der Waals surface area contributed by atoms with Crippen molar-refractivity contribution in [2.75, 3.05) is 14.1 Å². The van der Waals surface area contributed by atoms with Crippen LogP contribution in [0.2, 0.25) is 0 Å². The molecule has 0 saturated heterocycles. The van der Waals surface area contributed by atoms with E-state index < -0.39 is 0 Å². The molecule has 0 aromatic heterocycles. The van der Waals surface area contributed by atoms with Gasteiger partial charge in [0.15, 0.2) is 0 Å². The lowest BCUT2D eigenvalue weighted by atomic mass is 9.67. The summed E-state index contributed by atoms with van der Waals surface area (Å²) in [7, 11) is 4.08. The maximum absolute atomic E-state index is 12.7. The number of nitrogens with zero attached hydrogens (tertiary/aromatic N) is 1. The number of rotatable bonds is 4. The summed E-state index contributed by atoms with van der Waals surface area (Å²) in [5.74, 6) is 1.20. The second-order valence-corrected chi connectivity index (χ2v) is 7.62. The van der Waals surface area contributed by atoms with Crippen LogP contribution in [0, 0.1) is 11.8 Å². The third kappa shape index (κ3) is 3.93. The van der Waals surface area contributed by atoms with Crippen LogP contribution in [0.25, 0.3) is 0 Å². The lowest BCUT2D eigenvalue weighted by Gasteiger charge is -2.45. The SMILES string of the molecule is CN(C)Cc1cccc(C(=O)NC2C3CCCC2CC(N)C3)c1. The summed E-state index contributed by atoms with van der Waals surface area (Å²) in [6, 6.07) is 8.62. The van der Waals surface area contributed by atoms with Crippen LogP contribution in [0.3, 0.4) is 0 Å². The lowest BCUT2D eigenvalue weighted by molar-refractivity contribution is 0.0756. The van der Waals surface area contributed by atoms with Crippen LogP contribution in [0.4, 0.5) is 0 Å². The second kappa shape index (κ2) is 7.02. The van der Waals surface area contributed by atoms with Crippen molar-refractivity contribution in [3.05, 3.63) is 35.4 Å². The molecule has 2 atom stereocenters. The van der Waals surface area contributed by atoms with Crippen molar-refractivity contribution in [1.29, 1.82) is 0 Å². The van der Waals surface area contributed by atoms with Gasteiger partial charge in [0.05, 0.1) is 0 Å². The first kappa shape index (κ1) is 16.5. The first-order chi connectivity index (χ1) is 11.0. The van der Waals surface area contributed by atoms with Crippen LogP contribution in [-0.4, -0.2) is 37.0 Å². The minimum Gasteiger partial charge on any atom is -0.349 e. The zero-order valence-corrected chi connectivity index (χ0v) is 14.3. The molecule has 0 heterocycles. The zero-order valence-electron chi connectivity index (χ0n) is 14.3. The van der Waals surface area contributed by atoms with Crippen LogP contribution >= 0.6 is 0 Å². The van der Waals surface area contributed by atoms with Gasteiger partial charge in [-0.15, -0.1) is 0 Å². The highest BCUT2D eigenvalue weighted by atomic mass is 16.1. The molecule has 23 heavy (non-hydrogen) atoms. The second-order valence-electron chi connectivity index (χ2n) is 7.62. The van der Waals surface area contributed by atoms with Gasteiger partial charge < -0.3 is 16.0 Å². The minimum atomic E-state index is 0.0722. The molecule has 1 amide bonds.